The minimum atomic E-state index is -1.18. The number of nitrogen functional groups attached to an aromatic ring is 1. The summed E-state index contributed by atoms with van der Waals surface area (Å²) in [4.78, 5) is 34.9. The Morgan fingerprint density at radius 3 is 2.59 bits per heavy atom. The van der Waals surface area contributed by atoms with Gasteiger partial charge in [0.05, 0.1) is 29.9 Å². The SMILES string of the molecule is Nc1cccc(C(=O)O)c1N1CC(=O)CC1=O. The van der Waals surface area contributed by atoms with Crippen molar-refractivity contribution < 1.29 is 19.5 Å². The number of rotatable bonds is 2. The van der Waals surface area contributed by atoms with Crippen LogP contribution < -0.4 is 10.6 Å². The van der Waals surface area contributed by atoms with Gasteiger partial charge in [-0.15, -0.1) is 0 Å². The number of carboxylic acids is 1. The van der Waals surface area contributed by atoms with Crippen LogP contribution in [0.3, 0.4) is 0 Å². The number of carbonyl (C=O) groups excluding carboxylic acids is 2. The Hall–Kier alpha value is -2.37. The van der Waals surface area contributed by atoms with Crippen molar-refractivity contribution in [1.29, 1.82) is 0 Å². The molecule has 0 saturated carbocycles. The minimum Gasteiger partial charge on any atom is -0.478 e. The standard InChI is InChI=1S/C11H10N2O4/c12-8-3-1-2-7(11(16)17)10(8)13-5-6(14)4-9(13)15/h1-3H,4-5,12H2,(H,16,17). The fourth-order valence-electron chi connectivity index (χ4n) is 1.82. The van der Waals surface area contributed by atoms with Gasteiger partial charge in [0, 0.05) is 0 Å². The third kappa shape index (κ3) is 1.84. The number of aromatic carboxylic acids is 1. The molecule has 1 aromatic rings. The summed E-state index contributed by atoms with van der Waals surface area (Å²) in [5.74, 6) is -1.84. The molecule has 88 valence electrons. The Morgan fingerprint density at radius 2 is 2.06 bits per heavy atom. The predicted molar refractivity (Wildman–Crippen MR) is 59.8 cm³/mol. The van der Waals surface area contributed by atoms with Crippen LogP contribution in [-0.2, 0) is 9.59 Å². The minimum absolute atomic E-state index is 0.0759. The van der Waals surface area contributed by atoms with E-state index in [4.69, 9.17) is 10.8 Å². The molecule has 1 saturated heterocycles. The van der Waals surface area contributed by atoms with Crippen LogP contribution in [0.1, 0.15) is 16.8 Å². The number of para-hydroxylation sites is 1. The summed E-state index contributed by atoms with van der Waals surface area (Å²) in [6.07, 6.45) is -0.201. The van der Waals surface area contributed by atoms with Gasteiger partial charge in [0.1, 0.15) is 0 Å². The van der Waals surface area contributed by atoms with Crippen molar-refractivity contribution in [2.45, 2.75) is 6.42 Å². The lowest BCUT2D eigenvalue weighted by Crippen LogP contribution is -2.27. The Morgan fingerprint density at radius 1 is 1.35 bits per heavy atom. The third-order valence-electron chi connectivity index (χ3n) is 2.55. The topological polar surface area (TPSA) is 101 Å². The maximum atomic E-state index is 11.6. The van der Waals surface area contributed by atoms with Gasteiger partial charge in [0.2, 0.25) is 5.91 Å². The molecular weight excluding hydrogens is 224 g/mol. The van der Waals surface area contributed by atoms with Gasteiger partial charge in [-0.3, -0.25) is 9.59 Å². The number of amides is 1. The lowest BCUT2D eigenvalue weighted by Gasteiger charge is -2.19. The largest absolute Gasteiger partial charge is 0.478 e. The van der Waals surface area contributed by atoms with Gasteiger partial charge in [-0.1, -0.05) is 6.07 Å². The molecule has 0 spiro atoms. The van der Waals surface area contributed by atoms with Crippen LogP contribution in [0.25, 0.3) is 0 Å². The summed E-state index contributed by atoms with van der Waals surface area (Å²) in [5, 5.41) is 9.02. The van der Waals surface area contributed by atoms with Crippen LogP contribution in [0.4, 0.5) is 11.4 Å². The second-order valence-electron chi connectivity index (χ2n) is 3.74. The monoisotopic (exact) mass is 234 g/mol. The molecule has 0 unspecified atom stereocenters. The molecule has 0 bridgehead atoms. The fraction of sp³-hybridized carbons (Fsp3) is 0.182. The number of ketones is 1. The number of benzene rings is 1. The summed E-state index contributed by atoms with van der Waals surface area (Å²) in [5.41, 5.74) is 5.88. The number of nitrogens with two attached hydrogens (primary N) is 1. The Labute approximate surface area is 96.6 Å². The van der Waals surface area contributed by atoms with E-state index in [9.17, 15) is 14.4 Å². The zero-order chi connectivity index (χ0) is 12.6. The van der Waals surface area contributed by atoms with Crippen LogP contribution >= 0.6 is 0 Å². The lowest BCUT2D eigenvalue weighted by molar-refractivity contribution is -0.121. The highest BCUT2D eigenvalue weighted by Gasteiger charge is 2.32. The van der Waals surface area contributed by atoms with E-state index in [2.05, 4.69) is 0 Å². The van der Waals surface area contributed by atoms with Crippen LogP contribution in [-0.4, -0.2) is 29.3 Å². The Kier molecular flexibility index (Phi) is 2.55. The van der Waals surface area contributed by atoms with Crippen molar-refractivity contribution >= 4 is 29.0 Å². The molecule has 1 fully saturated rings. The Balaban J connectivity index is 2.54. The van der Waals surface area contributed by atoms with Gasteiger partial charge in [-0.05, 0) is 12.1 Å². The van der Waals surface area contributed by atoms with E-state index in [1.54, 1.807) is 0 Å². The molecule has 1 aliphatic heterocycles. The lowest BCUT2D eigenvalue weighted by atomic mass is 10.1. The van der Waals surface area contributed by atoms with Crippen LogP contribution in [0.2, 0.25) is 0 Å². The van der Waals surface area contributed by atoms with E-state index < -0.39 is 11.9 Å². The van der Waals surface area contributed by atoms with Crippen molar-refractivity contribution in [1.82, 2.24) is 0 Å². The van der Waals surface area contributed by atoms with Crippen molar-refractivity contribution in [3.05, 3.63) is 23.8 Å². The van der Waals surface area contributed by atoms with E-state index in [1.165, 1.54) is 18.2 Å². The third-order valence-corrected chi connectivity index (χ3v) is 2.55. The predicted octanol–water partition coefficient (Wildman–Crippen LogP) is 0.273. The highest BCUT2D eigenvalue weighted by atomic mass is 16.4. The van der Waals surface area contributed by atoms with Crippen LogP contribution in [0.15, 0.2) is 18.2 Å². The molecule has 0 aromatic heterocycles. The summed E-state index contributed by atoms with van der Waals surface area (Å²) in [6.45, 7) is -0.118. The highest BCUT2D eigenvalue weighted by molar-refractivity contribution is 6.18. The number of carboxylic acid groups (broad SMARTS) is 1. The van der Waals surface area contributed by atoms with E-state index in [0.717, 1.165) is 4.90 Å². The molecule has 1 heterocycles. The van der Waals surface area contributed by atoms with Gasteiger partial charge >= 0.3 is 5.97 Å². The van der Waals surface area contributed by atoms with Crippen molar-refractivity contribution in [3.63, 3.8) is 0 Å². The molecule has 0 radical (unpaired) electrons. The van der Waals surface area contributed by atoms with Gasteiger partial charge < -0.3 is 15.7 Å². The van der Waals surface area contributed by atoms with Crippen molar-refractivity contribution in [3.8, 4) is 0 Å². The number of carbonyl (C=O) groups is 3. The number of Topliss-reactive ketones (excluding diaryl/α,β-unsaturated/α-hetero) is 1. The molecule has 6 nitrogen and oxygen atoms in total. The molecule has 0 atom stereocenters. The molecule has 1 aromatic carbocycles. The van der Waals surface area contributed by atoms with Gasteiger partial charge in [-0.2, -0.15) is 0 Å². The maximum absolute atomic E-state index is 11.6. The van der Waals surface area contributed by atoms with E-state index in [0.29, 0.717) is 0 Å². The van der Waals surface area contributed by atoms with Gasteiger partial charge in [-0.25, -0.2) is 4.79 Å². The molecular formula is C11H10N2O4. The number of hydrogen-bond donors (Lipinski definition) is 2. The van der Waals surface area contributed by atoms with Crippen LogP contribution in [0, 0.1) is 0 Å². The zero-order valence-corrected chi connectivity index (χ0v) is 8.84. The van der Waals surface area contributed by atoms with E-state index >= 15 is 0 Å². The molecule has 0 aliphatic carbocycles. The van der Waals surface area contributed by atoms with Crippen molar-refractivity contribution in [2.75, 3.05) is 17.2 Å². The highest BCUT2D eigenvalue weighted by Crippen LogP contribution is 2.30. The van der Waals surface area contributed by atoms with Crippen molar-refractivity contribution in [2.24, 2.45) is 0 Å². The second-order valence-corrected chi connectivity index (χ2v) is 3.74. The summed E-state index contributed by atoms with van der Waals surface area (Å²) >= 11 is 0. The molecule has 1 amide bonds. The molecule has 6 heteroatoms. The summed E-state index contributed by atoms with van der Waals surface area (Å²) < 4.78 is 0. The van der Waals surface area contributed by atoms with E-state index in [1.807, 2.05) is 0 Å². The average molecular weight is 234 g/mol. The number of nitrogens with zero attached hydrogens (tertiary/aromatic N) is 1. The zero-order valence-electron chi connectivity index (χ0n) is 8.84. The maximum Gasteiger partial charge on any atom is 0.337 e. The second kappa shape index (κ2) is 3.89. The average Bonchev–Trinajstić information content (AvgIpc) is 2.57. The first-order chi connectivity index (χ1) is 8.00. The molecule has 2 rings (SSSR count). The fourth-order valence-corrected chi connectivity index (χ4v) is 1.82. The first kappa shape index (κ1) is 11.1. The first-order valence-corrected chi connectivity index (χ1v) is 4.94. The van der Waals surface area contributed by atoms with Gasteiger partial charge in [0.15, 0.2) is 5.78 Å². The number of hydrogen-bond acceptors (Lipinski definition) is 4. The molecule has 17 heavy (non-hydrogen) atoms. The van der Waals surface area contributed by atoms with Crippen LogP contribution in [0.5, 0.6) is 0 Å². The summed E-state index contributed by atoms with van der Waals surface area (Å²) in [7, 11) is 0. The number of anilines is 2. The molecule has 1 aliphatic rings. The quantitative estimate of drug-likeness (QED) is 0.565. The Bertz CT molecular complexity index is 524. The van der Waals surface area contributed by atoms with Gasteiger partial charge in [0.25, 0.3) is 0 Å². The smallest absolute Gasteiger partial charge is 0.337 e. The van der Waals surface area contributed by atoms with E-state index in [-0.39, 0.29) is 35.7 Å². The first-order valence-electron chi connectivity index (χ1n) is 4.94. The summed E-state index contributed by atoms with van der Waals surface area (Å²) in [6, 6.07) is 4.34. The molecule has 3 N–H and O–H groups in total. The normalized spacial score (nSPS) is 15.4.